The van der Waals surface area contributed by atoms with Gasteiger partial charge in [-0.05, 0) is 23.6 Å². The Kier molecular flexibility index (Phi) is 4.53. The molecule has 0 saturated carbocycles. The molecule has 2 nitrogen and oxygen atoms in total. The van der Waals surface area contributed by atoms with Crippen molar-refractivity contribution in [3.8, 4) is 12.1 Å². The number of nitrogens with zero attached hydrogens (tertiary/aromatic N) is 2. The molecule has 0 N–H and O–H groups in total. The Labute approximate surface area is 119 Å². The van der Waals surface area contributed by atoms with Crippen molar-refractivity contribution in [1.82, 2.24) is 0 Å². The van der Waals surface area contributed by atoms with E-state index >= 15 is 0 Å². The summed E-state index contributed by atoms with van der Waals surface area (Å²) >= 11 is 0. The smallest absolute Gasteiger partial charge is 0.0793 e. The van der Waals surface area contributed by atoms with Crippen LogP contribution in [0.1, 0.15) is 34.9 Å². The van der Waals surface area contributed by atoms with Gasteiger partial charge in [0.05, 0.1) is 18.1 Å². The van der Waals surface area contributed by atoms with Crippen molar-refractivity contribution >= 4 is 0 Å². The molecule has 0 radical (unpaired) electrons. The molecule has 2 rings (SSSR count). The largest absolute Gasteiger partial charge is 0.198 e. The highest BCUT2D eigenvalue weighted by Gasteiger charge is 2.25. The third-order valence-electron chi connectivity index (χ3n) is 3.60. The minimum Gasteiger partial charge on any atom is -0.198 e. The number of rotatable bonds is 4. The maximum Gasteiger partial charge on any atom is 0.0793 e. The van der Waals surface area contributed by atoms with Crippen LogP contribution in [0.4, 0.5) is 0 Å². The minimum atomic E-state index is -0.293. The lowest BCUT2D eigenvalue weighted by atomic mass is 9.79. The molecule has 0 aliphatic heterocycles. The van der Waals surface area contributed by atoms with Gasteiger partial charge in [-0.2, -0.15) is 10.5 Å². The Morgan fingerprint density at radius 2 is 1.60 bits per heavy atom. The average Bonchev–Trinajstić information content (AvgIpc) is 2.50. The van der Waals surface area contributed by atoms with Crippen molar-refractivity contribution in [2.24, 2.45) is 0 Å². The summed E-state index contributed by atoms with van der Waals surface area (Å²) in [5.41, 5.74) is 3.15. The highest BCUT2D eigenvalue weighted by atomic mass is 14.3. The molecule has 0 aromatic heterocycles. The van der Waals surface area contributed by atoms with Gasteiger partial charge in [0.25, 0.3) is 0 Å². The molecule has 2 heteroatoms. The summed E-state index contributed by atoms with van der Waals surface area (Å²) in [6, 6.07) is 22.3. The van der Waals surface area contributed by atoms with Gasteiger partial charge in [0, 0.05) is 12.3 Å². The fraction of sp³-hybridized carbons (Fsp3) is 0.222. The number of nitriles is 2. The Morgan fingerprint density at radius 1 is 0.950 bits per heavy atom. The van der Waals surface area contributed by atoms with Crippen molar-refractivity contribution < 1.29 is 0 Å². The standard InChI is InChI=1S/C18H16N2/c1-14-7-5-6-10-16(14)18(13-20)17(11-12-19)15-8-3-2-4-9-15/h2-10,17-18H,11H2,1H3/t17-,18+/m1/s1. The van der Waals surface area contributed by atoms with Crippen molar-refractivity contribution in [3.05, 3.63) is 71.3 Å². The number of benzene rings is 2. The summed E-state index contributed by atoms with van der Waals surface area (Å²) in [4.78, 5) is 0. The van der Waals surface area contributed by atoms with E-state index in [0.717, 1.165) is 16.7 Å². The molecule has 0 unspecified atom stereocenters. The molecule has 0 heterocycles. The Hall–Kier alpha value is -2.58. The number of aryl methyl sites for hydroxylation is 1. The molecule has 0 aliphatic carbocycles. The van der Waals surface area contributed by atoms with Gasteiger partial charge in [-0.1, -0.05) is 54.6 Å². The van der Waals surface area contributed by atoms with Gasteiger partial charge in [-0.3, -0.25) is 0 Å². The van der Waals surface area contributed by atoms with Crippen LogP contribution in [0.5, 0.6) is 0 Å². The highest BCUT2D eigenvalue weighted by molar-refractivity contribution is 5.38. The zero-order valence-corrected chi connectivity index (χ0v) is 11.5. The van der Waals surface area contributed by atoms with Crippen molar-refractivity contribution in [2.75, 3.05) is 0 Å². The van der Waals surface area contributed by atoms with Gasteiger partial charge < -0.3 is 0 Å². The highest BCUT2D eigenvalue weighted by Crippen LogP contribution is 2.36. The zero-order valence-electron chi connectivity index (χ0n) is 11.5. The first-order valence-corrected chi connectivity index (χ1v) is 6.65. The third-order valence-corrected chi connectivity index (χ3v) is 3.60. The minimum absolute atomic E-state index is 0.0905. The van der Waals surface area contributed by atoms with Crippen LogP contribution in [0.2, 0.25) is 0 Å². The van der Waals surface area contributed by atoms with Gasteiger partial charge in [0.1, 0.15) is 0 Å². The topological polar surface area (TPSA) is 47.6 Å². The summed E-state index contributed by atoms with van der Waals surface area (Å²) in [6.45, 7) is 2.01. The van der Waals surface area contributed by atoms with E-state index in [2.05, 4.69) is 12.1 Å². The van der Waals surface area contributed by atoms with Gasteiger partial charge >= 0.3 is 0 Å². The van der Waals surface area contributed by atoms with Crippen LogP contribution in [0.25, 0.3) is 0 Å². The van der Waals surface area contributed by atoms with E-state index in [1.807, 2.05) is 61.5 Å². The SMILES string of the molecule is Cc1ccccc1[C@H](C#N)[C@H](CC#N)c1ccccc1. The monoisotopic (exact) mass is 260 g/mol. The van der Waals surface area contributed by atoms with E-state index in [4.69, 9.17) is 5.26 Å². The van der Waals surface area contributed by atoms with E-state index in [-0.39, 0.29) is 11.8 Å². The number of hydrogen-bond donors (Lipinski definition) is 0. The maximum atomic E-state index is 9.60. The molecule has 0 spiro atoms. The molecule has 0 saturated heterocycles. The molecule has 0 bridgehead atoms. The van der Waals surface area contributed by atoms with Crippen molar-refractivity contribution in [2.45, 2.75) is 25.2 Å². The molecular formula is C18H16N2. The lowest BCUT2D eigenvalue weighted by Crippen LogP contribution is -2.11. The first-order valence-electron chi connectivity index (χ1n) is 6.65. The van der Waals surface area contributed by atoms with Crippen LogP contribution in [-0.2, 0) is 0 Å². The van der Waals surface area contributed by atoms with Gasteiger partial charge in [-0.15, -0.1) is 0 Å². The molecule has 0 amide bonds. The Bertz CT molecular complexity index is 647. The second-order valence-electron chi connectivity index (χ2n) is 4.84. The molecule has 2 aromatic carbocycles. The van der Waals surface area contributed by atoms with E-state index in [1.54, 1.807) is 0 Å². The van der Waals surface area contributed by atoms with Crippen LogP contribution < -0.4 is 0 Å². The first kappa shape index (κ1) is 13.8. The predicted molar refractivity (Wildman–Crippen MR) is 78.9 cm³/mol. The van der Waals surface area contributed by atoms with Gasteiger partial charge in [0.2, 0.25) is 0 Å². The molecule has 98 valence electrons. The van der Waals surface area contributed by atoms with E-state index < -0.39 is 0 Å². The van der Waals surface area contributed by atoms with Crippen molar-refractivity contribution in [1.29, 1.82) is 10.5 Å². The van der Waals surface area contributed by atoms with Crippen LogP contribution in [0, 0.1) is 29.6 Å². The molecule has 0 aliphatic rings. The molecule has 0 fully saturated rings. The first-order chi connectivity index (χ1) is 9.77. The lowest BCUT2D eigenvalue weighted by Gasteiger charge is -2.21. The zero-order chi connectivity index (χ0) is 14.4. The fourth-order valence-corrected chi connectivity index (χ4v) is 2.54. The Balaban J connectivity index is 2.45. The molecule has 20 heavy (non-hydrogen) atoms. The third kappa shape index (κ3) is 2.87. The van der Waals surface area contributed by atoms with Gasteiger partial charge in [0.15, 0.2) is 0 Å². The summed E-state index contributed by atoms with van der Waals surface area (Å²) in [7, 11) is 0. The fourth-order valence-electron chi connectivity index (χ4n) is 2.54. The van der Waals surface area contributed by atoms with Crippen LogP contribution in [-0.4, -0.2) is 0 Å². The maximum absolute atomic E-state index is 9.60. The summed E-state index contributed by atoms with van der Waals surface area (Å²) in [6.07, 6.45) is 0.344. The Morgan fingerprint density at radius 3 is 2.20 bits per heavy atom. The van der Waals surface area contributed by atoms with Crippen LogP contribution in [0.3, 0.4) is 0 Å². The van der Waals surface area contributed by atoms with E-state index in [9.17, 15) is 5.26 Å². The van der Waals surface area contributed by atoms with Crippen molar-refractivity contribution in [3.63, 3.8) is 0 Å². The van der Waals surface area contributed by atoms with Gasteiger partial charge in [-0.25, -0.2) is 0 Å². The molecule has 2 atom stereocenters. The number of hydrogen-bond acceptors (Lipinski definition) is 2. The predicted octanol–water partition coefficient (Wildman–Crippen LogP) is 4.30. The van der Waals surface area contributed by atoms with Crippen LogP contribution in [0.15, 0.2) is 54.6 Å². The lowest BCUT2D eigenvalue weighted by molar-refractivity contribution is 0.638. The average molecular weight is 260 g/mol. The quantitative estimate of drug-likeness (QED) is 0.822. The molecular weight excluding hydrogens is 244 g/mol. The van der Waals surface area contributed by atoms with Crippen LogP contribution >= 0.6 is 0 Å². The normalized spacial score (nSPS) is 12.9. The second-order valence-corrected chi connectivity index (χ2v) is 4.84. The summed E-state index contributed by atoms with van der Waals surface area (Å²) < 4.78 is 0. The van der Waals surface area contributed by atoms with E-state index in [0.29, 0.717) is 6.42 Å². The second kappa shape index (κ2) is 6.55. The molecule has 2 aromatic rings. The summed E-state index contributed by atoms with van der Waals surface area (Å²) in [5.74, 6) is -0.384. The summed E-state index contributed by atoms with van der Waals surface area (Å²) in [5, 5.41) is 18.7. The van der Waals surface area contributed by atoms with E-state index in [1.165, 1.54) is 0 Å².